The van der Waals surface area contributed by atoms with Crippen molar-refractivity contribution in [3.05, 3.63) is 59.1 Å². The van der Waals surface area contributed by atoms with Gasteiger partial charge in [-0.25, -0.2) is 0 Å². The van der Waals surface area contributed by atoms with Crippen LogP contribution in [0.15, 0.2) is 48.5 Å². The number of methoxy groups -OCH3 is 1. The molecule has 2 aromatic rings. The fourth-order valence-corrected chi connectivity index (χ4v) is 3.22. The topological polar surface area (TPSA) is 24.5 Å². The molecule has 122 valence electrons. The summed E-state index contributed by atoms with van der Waals surface area (Å²) in [5.74, 6) is 0.894. The quantitative estimate of drug-likeness (QED) is 0.878. The minimum atomic E-state index is 0.533. The summed E-state index contributed by atoms with van der Waals surface area (Å²) < 4.78 is 5.19. The van der Waals surface area contributed by atoms with E-state index in [0.717, 1.165) is 48.9 Å². The zero-order chi connectivity index (χ0) is 16.1. The SMILES string of the molecule is COc1ccc(NC2CCN(Cc3ccccc3Cl)CC2)cc1. The van der Waals surface area contributed by atoms with Gasteiger partial charge in [0.25, 0.3) is 0 Å². The second-order valence-corrected chi connectivity index (χ2v) is 6.42. The van der Waals surface area contributed by atoms with Crippen molar-refractivity contribution in [2.75, 3.05) is 25.5 Å². The van der Waals surface area contributed by atoms with Crippen LogP contribution in [0, 0.1) is 0 Å². The zero-order valence-corrected chi connectivity index (χ0v) is 14.2. The van der Waals surface area contributed by atoms with E-state index in [2.05, 4.69) is 34.5 Å². The molecule has 1 saturated heterocycles. The van der Waals surface area contributed by atoms with Gasteiger partial charge in [-0.3, -0.25) is 4.90 Å². The van der Waals surface area contributed by atoms with E-state index in [9.17, 15) is 0 Å². The molecule has 0 radical (unpaired) electrons. The van der Waals surface area contributed by atoms with E-state index in [0.29, 0.717) is 6.04 Å². The monoisotopic (exact) mass is 330 g/mol. The van der Waals surface area contributed by atoms with Crippen LogP contribution in [-0.2, 0) is 6.54 Å². The molecule has 0 aliphatic carbocycles. The fraction of sp³-hybridized carbons (Fsp3) is 0.368. The molecular formula is C19H23ClN2O. The molecule has 0 bridgehead atoms. The number of hydrogen-bond acceptors (Lipinski definition) is 3. The van der Waals surface area contributed by atoms with Crippen LogP contribution in [0.2, 0.25) is 5.02 Å². The van der Waals surface area contributed by atoms with E-state index < -0.39 is 0 Å². The third-order valence-electron chi connectivity index (χ3n) is 4.40. The summed E-state index contributed by atoms with van der Waals surface area (Å²) in [6.45, 7) is 3.13. The molecule has 0 saturated carbocycles. The summed E-state index contributed by atoms with van der Waals surface area (Å²) in [5, 5.41) is 4.49. The molecule has 2 aromatic carbocycles. The van der Waals surface area contributed by atoms with Crippen molar-refractivity contribution in [1.82, 2.24) is 4.90 Å². The molecule has 0 spiro atoms. The van der Waals surface area contributed by atoms with Crippen LogP contribution in [0.25, 0.3) is 0 Å². The molecule has 1 fully saturated rings. The lowest BCUT2D eigenvalue weighted by Crippen LogP contribution is -2.38. The van der Waals surface area contributed by atoms with E-state index in [-0.39, 0.29) is 0 Å². The number of piperidine rings is 1. The van der Waals surface area contributed by atoms with E-state index in [1.807, 2.05) is 24.3 Å². The lowest BCUT2D eigenvalue weighted by atomic mass is 10.0. The van der Waals surface area contributed by atoms with Gasteiger partial charge in [-0.05, 0) is 48.7 Å². The van der Waals surface area contributed by atoms with Crippen LogP contribution in [0.4, 0.5) is 5.69 Å². The van der Waals surface area contributed by atoms with Crippen LogP contribution in [0.1, 0.15) is 18.4 Å². The lowest BCUT2D eigenvalue weighted by molar-refractivity contribution is 0.211. The number of hydrogen-bond donors (Lipinski definition) is 1. The van der Waals surface area contributed by atoms with Gasteiger partial charge in [0.05, 0.1) is 7.11 Å². The average Bonchev–Trinajstić information content (AvgIpc) is 2.59. The number of nitrogens with one attached hydrogen (secondary N) is 1. The number of halogens is 1. The molecule has 3 nitrogen and oxygen atoms in total. The predicted molar refractivity (Wildman–Crippen MR) is 96.4 cm³/mol. The van der Waals surface area contributed by atoms with Crippen LogP contribution in [0.5, 0.6) is 5.75 Å². The second-order valence-electron chi connectivity index (χ2n) is 6.01. The van der Waals surface area contributed by atoms with Crippen molar-refractivity contribution in [2.45, 2.75) is 25.4 Å². The maximum absolute atomic E-state index is 6.25. The molecule has 0 amide bonds. The van der Waals surface area contributed by atoms with Gasteiger partial charge in [0.2, 0.25) is 0 Å². The van der Waals surface area contributed by atoms with Crippen LogP contribution < -0.4 is 10.1 Å². The van der Waals surface area contributed by atoms with Gasteiger partial charge in [-0.15, -0.1) is 0 Å². The molecule has 0 atom stereocenters. The Labute approximate surface area is 143 Å². The Balaban J connectivity index is 1.49. The molecule has 4 heteroatoms. The van der Waals surface area contributed by atoms with Crippen LogP contribution in [-0.4, -0.2) is 31.1 Å². The van der Waals surface area contributed by atoms with E-state index in [1.165, 1.54) is 5.56 Å². The number of benzene rings is 2. The number of anilines is 1. The van der Waals surface area contributed by atoms with Crippen molar-refractivity contribution in [3.63, 3.8) is 0 Å². The average molecular weight is 331 g/mol. The molecule has 1 N–H and O–H groups in total. The van der Waals surface area contributed by atoms with Crippen molar-refractivity contribution >= 4 is 17.3 Å². The number of likely N-dealkylation sites (tertiary alicyclic amines) is 1. The number of ether oxygens (including phenoxy) is 1. The summed E-state index contributed by atoms with van der Waals surface area (Å²) >= 11 is 6.25. The molecule has 1 aliphatic rings. The molecule has 3 rings (SSSR count). The Bertz CT molecular complexity index is 622. The highest BCUT2D eigenvalue weighted by molar-refractivity contribution is 6.31. The van der Waals surface area contributed by atoms with Gasteiger partial charge in [-0.2, -0.15) is 0 Å². The summed E-state index contributed by atoms with van der Waals surface area (Å²) in [5.41, 5.74) is 2.38. The summed E-state index contributed by atoms with van der Waals surface area (Å²) in [6.07, 6.45) is 2.30. The normalized spacial score (nSPS) is 16.3. The van der Waals surface area contributed by atoms with E-state index in [1.54, 1.807) is 7.11 Å². The molecule has 0 unspecified atom stereocenters. The maximum atomic E-state index is 6.25. The summed E-state index contributed by atoms with van der Waals surface area (Å²) in [4.78, 5) is 2.48. The van der Waals surface area contributed by atoms with Crippen molar-refractivity contribution in [1.29, 1.82) is 0 Å². The second kappa shape index (κ2) is 7.71. The first-order valence-corrected chi connectivity index (χ1v) is 8.49. The molecule has 1 heterocycles. The Morgan fingerprint density at radius 1 is 1.09 bits per heavy atom. The highest BCUT2D eigenvalue weighted by Crippen LogP contribution is 2.22. The number of nitrogens with zero attached hydrogens (tertiary/aromatic N) is 1. The van der Waals surface area contributed by atoms with Crippen LogP contribution >= 0.6 is 11.6 Å². The third kappa shape index (κ3) is 4.40. The Morgan fingerprint density at radius 2 is 1.78 bits per heavy atom. The summed E-state index contributed by atoms with van der Waals surface area (Å²) in [6, 6.07) is 16.8. The largest absolute Gasteiger partial charge is 0.497 e. The smallest absolute Gasteiger partial charge is 0.119 e. The van der Waals surface area contributed by atoms with Gasteiger partial charge >= 0.3 is 0 Å². The summed E-state index contributed by atoms with van der Waals surface area (Å²) in [7, 11) is 1.69. The van der Waals surface area contributed by atoms with Gasteiger partial charge in [0.1, 0.15) is 5.75 Å². The van der Waals surface area contributed by atoms with Crippen LogP contribution in [0.3, 0.4) is 0 Å². The Morgan fingerprint density at radius 3 is 2.43 bits per heavy atom. The van der Waals surface area contributed by atoms with E-state index >= 15 is 0 Å². The Kier molecular flexibility index (Phi) is 5.42. The molecule has 1 aliphatic heterocycles. The zero-order valence-electron chi connectivity index (χ0n) is 13.5. The number of rotatable bonds is 5. The highest BCUT2D eigenvalue weighted by atomic mass is 35.5. The predicted octanol–water partition coefficient (Wildman–Crippen LogP) is 4.43. The highest BCUT2D eigenvalue weighted by Gasteiger charge is 2.19. The lowest BCUT2D eigenvalue weighted by Gasteiger charge is -2.33. The third-order valence-corrected chi connectivity index (χ3v) is 4.77. The minimum absolute atomic E-state index is 0.533. The van der Waals surface area contributed by atoms with Crippen molar-refractivity contribution in [2.24, 2.45) is 0 Å². The van der Waals surface area contributed by atoms with E-state index in [4.69, 9.17) is 16.3 Å². The van der Waals surface area contributed by atoms with Gasteiger partial charge < -0.3 is 10.1 Å². The standard InChI is InChI=1S/C19H23ClN2O/c1-23-18-8-6-16(7-9-18)21-17-10-12-22(13-11-17)14-15-4-2-3-5-19(15)20/h2-9,17,21H,10-14H2,1H3. The van der Waals surface area contributed by atoms with Gasteiger partial charge in [-0.1, -0.05) is 29.8 Å². The van der Waals surface area contributed by atoms with Crippen molar-refractivity contribution < 1.29 is 4.74 Å². The molecule has 23 heavy (non-hydrogen) atoms. The maximum Gasteiger partial charge on any atom is 0.119 e. The Hall–Kier alpha value is -1.71. The fourth-order valence-electron chi connectivity index (χ4n) is 3.03. The first-order chi connectivity index (χ1) is 11.2. The molecule has 0 aromatic heterocycles. The van der Waals surface area contributed by atoms with Gasteiger partial charge in [0.15, 0.2) is 0 Å². The first-order valence-electron chi connectivity index (χ1n) is 8.11. The van der Waals surface area contributed by atoms with Gasteiger partial charge in [0, 0.05) is 36.4 Å². The minimum Gasteiger partial charge on any atom is -0.497 e. The first kappa shape index (κ1) is 16.2. The molecular weight excluding hydrogens is 308 g/mol. The van der Waals surface area contributed by atoms with Crippen molar-refractivity contribution in [3.8, 4) is 5.75 Å².